The zero-order chi connectivity index (χ0) is 18.3. The highest BCUT2D eigenvalue weighted by molar-refractivity contribution is 6.33. The Labute approximate surface area is 168 Å². The Morgan fingerprint density at radius 2 is 1.81 bits per heavy atom. The molecule has 0 aromatic carbocycles. The van der Waals surface area contributed by atoms with E-state index in [4.69, 9.17) is 16.6 Å². The van der Waals surface area contributed by atoms with Crippen molar-refractivity contribution in [3.63, 3.8) is 0 Å². The van der Waals surface area contributed by atoms with Crippen LogP contribution in [0.25, 0.3) is 16.9 Å². The van der Waals surface area contributed by atoms with Crippen molar-refractivity contribution in [1.29, 1.82) is 0 Å². The normalized spacial score (nSPS) is 10.7. The third-order valence-corrected chi connectivity index (χ3v) is 4.65. The summed E-state index contributed by atoms with van der Waals surface area (Å²) in [5.74, 6) is 0.596. The van der Waals surface area contributed by atoms with Gasteiger partial charge in [-0.25, -0.2) is 9.97 Å². The first kappa shape index (κ1) is 19.1. The van der Waals surface area contributed by atoms with Crippen molar-refractivity contribution in [3.8, 4) is 11.3 Å². The van der Waals surface area contributed by atoms with Crippen LogP contribution >= 0.6 is 24.0 Å². The molecule has 0 unspecified atom stereocenters. The summed E-state index contributed by atoms with van der Waals surface area (Å²) in [4.78, 5) is 13.5. The van der Waals surface area contributed by atoms with Crippen molar-refractivity contribution >= 4 is 41.2 Å². The average molecular weight is 400 g/mol. The largest absolute Gasteiger partial charge is 0.338 e. The lowest BCUT2D eigenvalue weighted by Gasteiger charge is -2.09. The number of nitrogens with one attached hydrogen (secondary N) is 1. The van der Waals surface area contributed by atoms with Crippen molar-refractivity contribution in [2.45, 2.75) is 20.8 Å². The van der Waals surface area contributed by atoms with Gasteiger partial charge in [-0.1, -0.05) is 17.7 Å². The van der Waals surface area contributed by atoms with Crippen molar-refractivity contribution < 1.29 is 0 Å². The van der Waals surface area contributed by atoms with E-state index < -0.39 is 0 Å². The first-order valence-corrected chi connectivity index (χ1v) is 8.71. The van der Waals surface area contributed by atoms with Gasteiger partial charge in [0.25, 0.3) is 0 Å². The van der Waals surface area contributed by atoms with E-state index in [0.717, 1.165) is 39.7 Å². The Morgan fingerprint density at radius 1 is 1.00 bits per heavy atom. The van der Waals surface area contributed by atoms with Gasteiger partial charge in [-0.05, 0) is 51.1 Å². The molecule has 1 N–H and O–H groups in total. The first-order chi connectivity index (χ1) is 12.5. The maximum atomic E-state index is 6.46. The molecule has 4 aromatic heterocycles. The summed E-state index contributed by atoms with van der Waals surface area (Å²) in [6.45, 7) is 6.07. The molecule has 0 aliphatic carbocycles. The molecule has 4 aromatic rings. The summed E-state index contributed by atoms with van der Waals surface area (Å²) in [6.07, 6.45) is 3.55. The van der Waals surface area contributed by atoms with Gasteiger partial charge >= 0.3 is 0 Å². The lowest BCUT2D eigenvalue weighted by Crippen LogP contribution is -1.96. The molecule has 0 radical (unpaired) electrons. The van der Waals surface area contributed by atoms with Crippen LogP contribution in [0.15, 0.2) is 48.8 Å². The third kappa shape index (κ3) is 3.61. The van der Waals surface area contributed by atoms with Crippen LogP contribution in [0.4, 0.5) is 11.5 Å². The Kier molecular flexibility index (Phi) is 5.35. The minimum atomic E-state index is 0. The molecule has 0 amide bonds. The molecule has 0 fully saturated rings. The lowest BCUT2D eigenvalue weighted by atomic mass is 10.2. The van der Waals surface area contributed by atoms with Gasteiger partial charge in [0, 0.05) is 28.8 Å². The predicted molar refractivity (Wildman–Crippen MR) is 112 cm³/mol. The molecule has 5 nitrogen and oxygen atoms in total. The van der Waals surface area contributed by atoms with Crippen LogP contribution < -0.4 is 5.32 Å². The molecule has 4 heterocycles. The number of imidazole rings is 1. The number of hydrogen-bond donors (Lipinski definition) is 1. The fourth-order valence-corrected chi connectivity index (χ4v) is 3.25. The van der Waals surface area contributed by atoms with E-state index in [1.54, 1.807) is 12.4 Å². The molecular formula is C20H19Cl2N5. The zero-order valence-electron chi connectivity index (χ0n) is 15.2. The zero-order valence-corrected chi connectivity index (χ0v) is 16.8. The van der Waals surface area contributed by atoms with E-state index in [9.17, 15) is 0 Å². The molecule has 0 aliphatic heterocycles. The number of aromatic nitrogens is 4. The number of halogens is 2. The second kappa shape index (κ2) is 7.55. The molecule has 0 spiro atoms. The van der Waals surface area contributed by atoms with Gasteiger partial charge in [-0.2, -0.15) is 0 Å². The lowest BCUT2D eigenvalue weighted by molar-refractivity contribution is 1.04. The van der Waals surface area contributed by atoms with Crippen LogP contribution in [0.2, 0.25) is 5.02 Å². The standard InChI is InChI=1S/C20H18ClN5.ClH/c1-12-7-8-16(11-22-12)24-20-17(21)9-15(10-23-20)19-14(3)26-13(2)5-4-6-18(26)25-19;/h4-11H,1-3H3,(H,23,24);1H. The minimum absolute atomic E-state index is 0. The van der Waals surface area contributed by atoms with E-state index in [0.29, 0.717) is 10.8 Å². The van der Waals surface area contributed by atoms with E-state index in [2.05, 4.69) is 39.6 Å². The fraction of sp³-hybridized carbons (Fsp3) is 0.150. The number of rotatable bonds is 3. The molecule has 0 aliphatic rings. The quantitative estimate of drug-likeness (QED) is 0.491. The summed E-state index contributed by atoms with van der Waals surface area (Å²) in [5.41, 5.74) is 6.71. The summed E-state index contributed by atoms with van der Waals surface area (Å²) in [7, 11) is 0. The topological polar surface area (TPSA) is 55.1 Å². The van der Waals surface area contributed by atoms with Crippen LogP contribution in [0.3, 0.4) is 0 Å². The van der Waals surface area contributed by atoms with Crippen LogP contribution in [-0.4, -0.2) is 19.4 Å². The second-order valence-corrected chi connectivity index (χ2v) is 6.68. The SMILES string of the molecule is Cc1ccc(Nc2ncc(-c3nc4cccc(C)n4c3C)cc2Cl)cn1.Cl. The first-order valence-electron chi connectivity index (χ1n) is 8.33. The van der Waals surface area contributed by atoms with E-state index in [-0.39, 0.29) is 12.4 Å². The average Bonchev–Trinajstić information content (AvgIpc) is 2.97. The van der Waals surface area contributed by atoms with Gasteiger partial charge in [-0.15, -0.1) is 12.4 Å². The highest BCUT2D eigenvalue weighted by atomic mass is 35.5. The Morgan fingerprint density at radius 3 is 2.48 bits per heavy atom. The number of nitrogens with zero attached hydrogens (tertiary/aromatic N) is 4. The molecule has 0 saturated carbocycles. The van der Waals surface area contributed by atoms with Gasteiger partial charge in [0.1, 0.15) is 11.5 Å². The van der Waals surface area contributed by atoms with Crippen molar-refractivity contribution in [2.75, 3.05) is 5.32 Å². The molecule has 0 bridgehead atoms. The highest BCUT2D eigenvalue weighted by Gasteiger charge is 2.14. The summed E-state index contributed by atoms with van der Waals surface area (Å²) in [6, 6.07) is 11.9. The number of pyridine rings is 3. The molecule has 0 saturated heterocycles. The third-order valence-electron chi connectivity index (χ3n) is 4.36. The Balaban J connectivity index is 0.00000210. The number of anilines is 2. The van der Waals surface area contributed by atoms with Gasteiger partial charge in [0.15, 0.2) is 0 Å². The Bertz CT molecular complexity index is 1100. The Hall–Kier alpha value is -2.63. The second-order valence-electron chi connectivity index (χ2n) is 6.27. The molecule has 138 valence electrons. The van der Waals surface area contributed by atoms with Crippen LogP contribution in [0.1, 0.15) is 17.1 Å². The van der Waals surface area contributed by atoms with Crippen molar-refractivity contribution in [2.24, 2.45) is 0 Å². The van der Waals surface area contributed by atoms with Gasteiger partial charge in [0.2, 0.25) is 0 Å². The van der Waals surface area contributed by atoms with E-state index >= 15 is 0 Å². The predicted octanol–water partition coefficient (Wildman–Crippen LogP) is 5.54. The van der Waals surface area contributed by atoms with Gasteiger partial charge in [0.05, 0.1) is 22.6 Å². The highest BCUT2D eigenvalue weighted by Crippen LogP contribution is 2.30. The molecule has 7 heteroatoms. The molecule has 4 rings (SSSR count). The summed E-state index contributed by atoms with van der Waals surface area (Å²) >= 11 is 6.46. The number of hydrogen-bond acceptors (Lipinski definition) is 4. The molecule has 0 atom stereocenters. The monoisotopic (exact) mass is 399 g/mol. The minimum Gasteiger partial charge on any atom is -0.338 e. The van der Waals surface area contributed by atoms with E-state index in [1.807, 2.05) is 37.3 Å². The number of aryl methyl sites for hydroxylation is 3. The molecule has 27 heavy (non-hydrogen) atoms. The van der Waals surface area contributed by atoms with Crippen molar-refractivity contribution in [1.82, 2.24) is 19.4 Å². The summed E-state index contributed by atoms with van der Waals surface area (Å²) in [5, 5.41) is 3.74. The number of fused-ring (bicyclic) bond motifs is 1. The van der Waals surface area contributed by atoms with Crippen LogP contribution in [-0.2, 0) is 0 Å². The van der Waals surface area contributed by atoms with E-state index in [1.165, 1.54) is 0 Å². The maximum Gasteiger partial charge on any atom is 0.149 e. The van der Waals surface area contributed by atoms with Crippen molar-refractivity contribution in [3.05, 3.63) is 70.9 Å². The maximum absolute atomic E-state index is 6.46. The smallest absolute Gasteiger partial charge is 0.149 e. The van der Waals surface area contributed by atoms with Gasteiger partial charge in [-0.3, -0.25) is 4.98 Å². The van der Waals surface area contributed by atoms with Gasteiger partial charge < -0.3 is 9.72 Å². The fourth-order valence-electron chi connectivity index (χ4n) is 3.04. The van der Waals surface area contributed by atoms with Crippen LogP contribution in [0.5, 0.6) is 0 Å². The molecular weight excluding hydrogens is 381 g/mol. The van der Waals surface area contributed by atoms with Crippen LogP contribution in [0, 0.1) is 20.8 Å². The summed E-state index contributed by atoms with van der Waals surface area (Å²) < 4.78 is 2.13.